The van der Waals surface area contributed by atoms with Gasteiger partial charge in [0.15, 0.2) is 11.4 Å². The maximum absolute atomic E-state index is 9.00. The Balaban J connectivity index is 2.35. The Bertz CT molecular complexity index is 676. The maximum atomic E-state index is 9.00. The minimum absolute atomic E-state index is 0.0402. The normalized spacial score (nSPS) is 15.5. The van der Waals surface area contributed by atoms with Gasteiger partial charge in [0.1, 0.15) is 17.9 Å². The Hall–Kier alpha value is -2.92. The van der Waals surface area contributed by atoms with Crippen molar-refractivity contribution < 1.29 is 4.42 Å². The number of rotatable bonds is 2. The molecule has 0 amide bonds. The highest BCUT2D eigenvalue weighted by Crippen LogP contribution is 2.14. The molecule has 1 aromatic heterocycles. The molecule has 1 aliphatic heterocycles. The molecule has 0 saturated carbocycles. The maximum Gasteiger partial charge on any atom is 0.177 e. The van der Waals surface area contributed by atoms with E-state index in [9.17, 15) is 0 Å². The summed E-state index contributed by atoms with van der Waals surface area (Å²) in [5, 5.41) is 17.9. The SMILES string of the molecule is CC1=NC(C#N)=C(C#N)N=C(/C=C/c2ccco2)C1. The van der Waals surface area contributed by atoms with Crippen LogP contribution in [0.15, 0.2) is 50.3 Å². The molecule has 2 rings (SSSR count). The molecular formula is C14H10N4O. The van der Waals surface area contributed by atoms with E-state index in [1.807, 2.05) is 18.2 Å². The zero-order valence-electron chi connectivity index (χ0n) is 10.3. The highest BCUT2D eigenvalue weighted by molar-refractivity contribution is 6.11. The molecule has 0 aromatic carbocycles. The van der Waals surface area contributed by atoms with E-state index in [0.29, 0.717) is 17.9 Å². The van der Waals surface area contributed by atoms with Crippen molar-refractivity contribution in [3.8, 4) is 12.1 Å². The summed E-state index contributed by atoms with van der Waals surface area (Å²) in [6, 6.07) is 7.38. The van der Waals surface area contributed by atoms with Crippen molar-refractivity contribution in [3.05, 3.63) is 41.6 Å². The van der Waals surface area contributed by atoms with Crippen LogP contribution in [0.3, 0.4) is 0 Å². The topological polar surface area (TPSA) is 85.4 Å². The number of allylic oxidation sites excluding steroid dienone is 3. The molecule has 5 nitrogen and oxygen atoms in total. The van der Waals surface area contributed by atoms with E-state index in [-0.39, 0.29) is 11.4 Å². The third-order valence-corrected chi connectivity index (χ3v) is 2.41. The van der Waals surface area contributed by atoms with Crippen LogP contribution in [0.4, 0.5) is 0 Å². The van der Waals surface area contributed by atoms with Gasteiger partial charge in [-0.15, -0.1) is 0 Å². The molecule has 1 aliphatic rings. The lowest BCUT2D eigenvalue weighted by atomic mass is 10.2. The van der Waals surface area contributed by atoms with Crippen molar-refractivity contribution >= 4 is 17.5 Å². The Morgan fingerprint density at radius 3 is 2.58 bits per heavy atom. The van der Waals surface area contributed by atoms with E-state index in [1.165, 1.54) is 0 Å². The predicted octanol–water partition coefficient (Wildman–Crippen LogP) is 2.86. The number of furan rings is 1. The Kier molecular flexibility index (Phi) is 3.70. The molecule has 92 valence electrons. The van der Waals surface area contributed by atoms with Gasteiger partial charge in [-0.1, -0.05) is 0 Å². The van der Waals surface area contributed by atoms with Gasteiger partial charge in [-0.25, -0.2) is 9.98 Å². The van der Waals surface area contributed by atoms with Crippen molar-refractivity contribution in [1.82, 2.24) is 0 Å². The fourth-order valence-electron chi connectivity index (χ4n) is 1.60. The van der Waals surface area contributed by atoms with Crippen molar-refractivity contribution in [1.29, 1.82) is 10.5 Å². The van der Waals surface area contributed by atoms with Crippen LogP contribution in [-0.4, -0.2) is 11.4 Å². The van der Waals surface area contributed by atoms with Gasteiger partial charge in [0, 0.05) is 17.8 Å². The van der Waals surface area contributed by atoms with Gasteiger partial charge in [0.25, 0.3) is 0 Å². The summed E-state index contributed by atoms with van der Waals surface area (Å²) in [7, 11) is 0. The van der Waals surface area contributed by atoms with Crippen molar-refractivity contribution in [2.24, 2.45) is 9.98 Å². The van der Waals surface area contributed by atoms with Crippen LogP contribution >= 0.6 is 0 Å². The first-order valence-electron chi connectivity index (χ1n) is 5.60. The van der Waals surface area contributed by atoms with E-state index in [4.69, 9.17) is 14.9 Å². The van der Waals surface area contributed by atoms with Crippen molar-refractivity contribution in [2.75, 3.05) is 0 Å². The Morgan fingerprint density at radius 2 is 1.95 bits per heavy atom. The largest absolute Gasteiger partial charge is 0.465 e. The third-order valence-electron chi connectivity index (χ3n) is 2.41. The molecule has 0 atom stereocenters. The van der Waals surface area contributed by atoms with Gasteiger partial charge in [0.05, 0.1) is 6.26 Å². The average Bonchev–Trinajstić information content (AvgIpc) is 2.87. The molecule has 0 aliphatic carbocycles. The standard InChI is InChI=1S/C14H10N4O/c1-10-7-11(4-5-12-3-2-6-19-12)18-14(9-16)13(8-15)17-10/h2-6H,7H2,1H3/b5-4+. The van der Waals surface area contributed by atoms with Crippen LogP contribution in [0.2, 0.25) is 0 Å². The summed E-state index contributed by atoms with van der Waals surface area (Å²) in [5.74, 6) is 0.699. The predicted molar refractivity (Wildman–Crippen MR) is 71.2 cm³/mol. The van der Waals surface area contributed by atoms with E-state index in [0.717, 1.165) is 5.71 Å². The molecule has 0 saturated heterocycles. The van der Waals surface area contributed by atoms with Crippen LogP contribution in [-0.2, 0) is 0 Å². The van der Waals surface area contributed by atoms with Crippen LogP contribution in [0.1, 0.15) is 19.1 Å². The number of nitrogens with zero attached hydrogens (tertiary/aromatic N) is 4. The first-order chi connectivity index (χ1) is 9.22. The zero-order chi connectivity index (χ0) is 13.7. The first-order valence-corrected chi connectivity index (χ1v) is 5.60. The van der Waals surface area contributed by atoms with Crippen LogP contribution < -0.4 is 0 Å². The summed E-state index contributed by atoms with van der Waals surface area (Å²) in [6.45, 7) is 1.80. The molecule has 0 N–H and O–H groups in total. The number of hydrogen-bond donors (Lipinski definition) is 0. The molecule has 0 fully saturated rings. The second-order valence-electron chi connectivity index (χ2n) is 3.90. The molecule has 19 heavy (non-hydrogen) atoms. The summed E-state index contributed by atoms with van der Waals surface area (Å²) in [6.07, 6.45) is 5.59. The number of nitriles is 2. The van der Waals surface area contributed by atoms with Crippen LogP contribution in [0.5, 0.6) is 0 Å². The summed E-state index contributed by atoms with van der Waals surface area (Å²) in [5.41, 5.74) is 1.50. The smallest absolute Gasteiger partial charge is 0.177 e. The molecule has 1 aromatic rings. The fraction of sp³-hybridized carbons (Fsp3) is 0.143. The van der Waals surface area contributed by atoms with Gasteiger partial charge in [-0.2, -0.15) is 10.5 Å². The van der Waals surface area contributed by atoms with Crippen LogP contribution in [0.25, 0.3) is 6.08 Å². The number of hydrogen-bond acceptors (Lipinski definition) is 5. The van der Waals surface area contributed by atoms with Gasteiger partial charge >= 0.3 is 0 Å². The van der Waals surface area contributed by atoms with Gasteiger partial charge in [0.2, 0.25) is 0 Å². The Morgan fingerprint density at radius 1 is 1.21 bits per heavy atom. The molecule has 5 heteroatoms. The minimum Gasteiger partial charge on any atom is -0.465 e. The lowest BCUT2D eigenvalue weighted by Gasteiger charge is -1.96. The molecule has 0 spiro atoms. The quantitative estimate of drug-likeness (QED) is 0.808. The van der Waals surface area contributed by atoms with Crippen LogP contribution in [0, 0.1) is 22.7 Å². The van der Waals surface area contributed by atoms with Crippen molar-refractivity contribution in [2.45, 2.75) is 13.3 Å². The highest BCUT2D eigenvalue weighted by atomic mass is 16.3. The molecule has 0 radical (unpaired) electrons. The number of aliphatic imine (C=N–C) groups is 2. The lowest BCUT2D eigenvalue weighted by molar-refractivity contribution is 0.557. The monoisotopic (exact) mass is 250 g/mol. The fourth-order valence-corrected chi connectivity index (χ4v) is 1.60. The third kappa shape index (κ3) is 3.05. The molecular weight excluding hydrogens is 240 g/mol. The van der Waals surface area contributed by atoms with E-state index in [2.05, 4.69) is 9.98 Å². The van der Waals surface area contributed by atoms with E-state index >= 15 is 0 Å². The highest BCUT2D eigenvalue weighted by Gasteiger charge is 2.11. The van der Waals surface area contributed by atoms with Gasteiger partial charge in [-0.05, 0) is 31.2 Å². The second kappa shape index (κ2) is 5.61. The second-order valence-corrected chi connectivity index (χ2v) is 3.90. The minimum atomic E-state index is 0.0402. The van der Waals surface area contributed by atoms with E-state index in [1.54, 1.807) is 31.4 Å². The van der Waals surface area contributed by atoms with Gasteiger partial charge in [-0.3, -0.25) is 0 Å². The lowest BCUT2D eigenvalue weighted by Crippen LogP contribution is -2.00. The summed E-state index contributed by atoms with van der Waals surface area (Å²) >= 11 is 0. The summed E-state index contributed by atoms with van der Waals surface area (Å²) < 4.78 is 5.18. The van der Waals surface area contributed by atoms with Crippen molar-refractivity contribution in [3.63, 3.8) is 0 Å². The molecule has 0 bridgehead atoms. The van der Waals surface area contributed by atoms with E-state index < -0.39 is 0 Å². The summed E-state index contributed by atoms with van der Waals surface area (Å²) in [4.78, 5) is 8.25. The molecule has 2 heterocycles. The first kappa shape index (κ1) is 12.5. The Labute approximate surface area is 110 Å². The van der Waals surface area contributed by atoms with Gasteiger partial charge < -0.3 is 4.42 Å². The average molecular weight is 250 g/mol. The zero-order valence-corrected chi connectivity index (χ0v) is 10.3. The molecule has 0 unspecified atom stereocenters.